The van der Waals surface area contributed by atoms with Crippen LogP contribution in [0.15, 0.2) is 0 Å². The van der Waals surface area contributed by atoms with E-state index in [4.69, 9.17) is 9.47 Å². The van der Waals surface area contributed by atoms with Gasteiger partial charge in [-0.3, -0.25) is 4.79 Å². The molecule has 2 aromatic carbocycles. The van der Waals surface area contributed by atoms with Gasteiger partial charge in [-0.1, -0.05) is 0 Å². The van der Waals surface area contributed by atoms with Crippen LogP contribution in [0.2, 0.25) is 0 Å². The maximum absolute atomic E-state index is 13.4. The Hall–Kier alpha value is -4.13. The summed E-state index contributed by atoms with van der Waals surface area (Å²) in [5, 5.41) is 180. The Morgan fingerprint density at radius 1 is 0.622 bits per heavy atom. The van der Waals surface area contributed by atoms with Crippen LogP contribution in [0.5, 0.6) is 51.7 Å². The summed E-state index contributed by atoms with van der Waals surface area (Å²) < 4.78 is 9.79. The van der Waals surface area contributed by atoms with Crippen molar-refractivity contribution in [3.63, 3.8) is 0 Å². The molecule has 2 aliphatic rings. The number of phenolic OH excluding ortho intramolecular Hbond substituents is 7. The van der Waals surface area contributed by atoms with E-state index in [2.05, 4.69) is 0 Å². The molecule has 1 unspecified atom stereocenters. The second-order valence-corrected chi connectivity index (χ2v) is 10.6. The number of carbonyl (C=O) groups excluding carboxylic acids is 1. The van der Waals surface area contributed by atoms with Crippen molar-refractivity contribution >= 4 is 5.78 Å². The van der Waals surface area contributed by atoms with Gasteiger partial charge >= 0.3 is 0 Å². The molecule has 1 saturated heterocycles. The van der Waals surface area contributed by atoms with Crippen molar-refractivity contribution in [1.29, 1.82) is 0 Å². The molecule has 0 radical (unpaired) electrons. The number of Topliss-reactive ketones (excluding diaryl/α,β-unsaturated/α-hetero) is 1. The maximum Gasteiger partial charge on any atom is 0.289 e. The zero-order chi connectivity index (χ0) is 34.6. The quantitative estimate of drug-likeness (QED) is 0.0786. The van der Waals surface area contributed by atoms with Gasteiger partial charge in [0.05, 0.1) is 25.3 Å². The smallest absolute Gasteiger partial charge is 0.289 e. The molecule has 0 spiro atoms. The Morgan fingerprint density at radius 3 is 1.44 bits per heavy atom. The van der Waals surface area contributed by atoms with Crippen LogP contribution in [-0.4, -0.2) is 146 Å². The first-order valence-corrected chi connectivity index (χ1v) is 12.3. The molecule has 1 fully saturated rings. The second-order valence-electron chi connectivity index (χ2n) is 10.6. The van der Waals surface area contributed by atoms with Gasteiger partial charge in [0, 0.05) is 24.9 Å². The first-order valence-electron chi connectivity index (χ1n) is 12.3. The molecule has 0 aromatic heterocycles. The van der Waals surface area contributed by atoms with Gasteiger partial charge < -0.3 is 96.3 Å². The molecule has 0 bridgehead atoms. The molecule has 0 amide bonds. The Morgan fingerprint density at radius 2 is 1.02 bits per heavy atom. The molecule has 2 aromatic rings. The van der Waals surface area contributed by atoms with Gasteiger partial charge in [-0.2, -0.15) is 4.90 Å². The van der Waals surface area contributed by atoms with Gasteiger partial charge in [-0.05, 0) is 0 Å². The lowest BCUT2D eigenvalue weighted by atomic mass is 9.68. The van der Waals surface area contributed by atoms with Crippen LogP contribution in [0.25, 0.3) is 0 Å². The molecule has 21 heteroatoms. The van der Waals surface area contributed by atoms with Crippen molar-refractivity contribution in [2.24, 2.45) is 0 Å². The minimum atomic E-state index is -4.92. The van der Waals surface area contributed by atoms with E-state index >= 15 is 0 Å². The summed E-state index contributed by atoms with van der Waals surface area (Å²) in [6.45, 7) is -1.91. The van der Waals surface area contributed by atoms with E-state index in [1.165, 1.54) is 0 Å². The first kappa shape index (κ1) is 33.8. The second kappa shape index (κ2) is 9.68. The number of aliphatic hydroxyl groups is 10. The SMILES string of the molecule is COc1c(O)c2c(c(O)c1OC)C(=O)C(O)(CC1(O)C(O)(O)C(O)(O)N(Cc3c(O)c(O)c(O)c(O)c3O)C(O)(O)C1(O)O)C2. The van der Waals surface area contributed by atoms with Gasteiger partial charge in [0.25, 0.3) is 23.4 Å². The minimum absolute atomic E-state index is 0.567. The number of aromatic hydroxyl groups is 7. The minimum Gasteiger partial charge on any atom is -0.504 e. The summed E-state index contributed by atoms with van der Waals surface area (Å²) in [4.78, 5) is 12.4. The van der Waals surface area contributed by atoms with Gasteiger partial charge in [0.1, 0.15) is 5.60 Å². The lowest BCUT2D eigenvalue weighted by Gasteiger charge is -2.63. The summed E-state index contributed by atoms with van der Waals surface area (Å²) in [6.07, 6.45) is -3.37. The van der Waals surface area contributed by atoms with Crippen LogP contribution in [0.3, 0.4) is 0 Å². The summed E-state index contributed by atoms with van der Waals surface area (Å²) >= 11 is 0. The van der Waals surface area contributed by atoms with Crippen LogP contribution >= 0.6 is 0 Å². The molecule has 4 rings (SSSR count). The van der Waals surface area contributed by atoms with Crippen molar-refractivity contribution in [1.82, 2.24) is 4.90 Å². The van der Waals surface area contributed by atoms with Crippen LogP contribution in [0.1, 0.15) is 27.9 Å². The average molecular weight is 651 g/mol. The number of hydrogen-bond donors (Lipinski definition) is 17. The Kier molecular flexibility index (Phi) is 7.26. The van der Waals surface area contributed by atoms with Crippen molar-refractivity contribution in [3.05, 3.63) is 16.7 Å². The third-order valence-corrected chi connectivity index (χ3v) is 8.16. The third kappa shape index (κ3) is 3.91. The number of carbonyl (C=O) groups is 1. The highest BCUT2D eigenvalue weighted by atomic mass is 16.7. The van der Waals surface area contributed by atoms with Crippen LogP contribution in [-0.2, 0) is 13.0 Å². The number of rotatable bonds is 6. The molecule has 21 nitrogen and oxygen atoms in total. The number of likely N-dealkylation sites (tertiary alicyclic amines) is 1. The number of benzene rings is 2. The van der Waals surface area contributed by atoms with Gasteiger partial charge in [-0.15, -0.1) is 0 Å². The van der Waals surface area contributed by atoms with E-state index < -0.39 is 133 Å². The van der Waals surface area contributed by atoms with E-state index in [0.717, 1.165) is 14.2 Å². The number of hydrogen-bond acceptors (Lipinski definition) is 21. The zero-order valence-electron chi connectivity index (χ0n) is 22.9. The van der Waals surface area contributed by atoms with Crippen molar-refractivity contribution in [2.75, 3.05) is 14.2 Å². The van der Waals surface area contributed by atoms with Crippen LogP contribution < -0.4 is 9.47 Å². The molecule has 17 N–H and O–H groups in total. The summed E-state index contributed by atoms with van der Waals surface area (Å²) in [7, 11) is 1.99. The number of nitrogens with zero attached hydrogens (tertiary/aromatic N) is 1. The van der Waals surface area contributed by atoms with Crippen molar-refractivity contribution < 1.29 is 101 Å². The summed E-state index contributed by atoms with van der Waals surface area (Å²) in [5.74, 6) is -32.2. The topological polar surface area (TPSA) is 383 Å². The first-order chi connectivity index (χ1) is 20.3. The number of ketones is 1. The summed E-state index contributed by atoms with van der Waals surface area (Å²) in [5.41, 5.74) is -10.9. The predicted molar refractivity (Wildman–Crippen MR) is 134 cm³/mol. The van der Waals surface area contributed by atoms with Gasteiger partial charge in [-0.25, -0.2) is 0 Å². The molecule has 0 saturated carbocycles. The molecule has 1 aliphatic carbocycles. The molecule has 1 heterocycles. The lowest BCUT2D eigenvalue weighted by Crippen LogP contribution is -2.93. The Balaban J connectivity index is 1.87. The van der Waals surface area contributed by atoms with Crippen LogP contribution in [0, 0.1) is 0 Å². The van der Waals surface area contributed by atoms with E-state index in [9.17, 15) is 91.6 Å². The van der Waals surface area contributed by atoms with Crippen LogP contribution in [0.4, 0.5) is 0 Å². The average Bonchev–Trinajstić information content (AvgIpc) is 3.21. The fourth-order valence-corrected chi connectivity index (χ4v) is 5.59. The molecular weight excluding hydrogens is 622 g/mol. The number of methoxy groups -OCH3 is 2. The van der Waals surface area contributed by atoms with E-state index in [1.54, 1.807) is 0 Å². The van der Waals surface area contributed by atoms with E-state index in [0.29, 0.717) is 0 Å². The standard InChI is InChI=1S/C24H29NO20/c1-44-16-11(28)6-3-19(34,18(33)8(6)12(29)17(16)45-2)5-20(35)21(36,37)23(40,41)25(24(42,43)22(20,38)39)4-7-9(26)13(30)15(32)14(31)10(7)27/h26-32,34-43H,3-5H2,1-2H3. The fourth-order valence-electron chi connectivity index (χ4n) is 5.59. The Labute approximate surface area is 249 Å². The highest BCUT2D eigenvalue weighted by Gasteiger charge is 2.85. The van der Waals surface area contributed by atoms with Gasteiger partial charge in [0.15, 0.2) is 34.4 Å². The largest absolute Gasteiger partial charge is 0.504 e. The monoisotopic (exact) mass is 651 g/mol. The number of piperidine rings is 1. The zero-order valence-corrected chi connectivity index (χ0v) is 22.9. The fraction of sp³-hybridized carbons (Fsp3) is 0.458. The maximum atomic E-state index is 13.4. The van der Waals surface area contributed by atoms with E-state index in [1.807, 2.05) is 0 Å². The lowest BCUT2D eigenvalue weighted by molar-refractivity contribution is -0.598. The number of fused-ring (bicyclic) bond motifs is 1. The molecule has 250 valence electrons. The number of phenols is 7. The van der Waals surface area contributed by atoms with Gasteiger partial charge in [0.2, 0.25) is 28.7 Å². The van der Waals surface area contributed by atoms with E-state index in [-0.39, 0.29) is 0 Å². The molecule has 45 heavy (non-hydrogen) atoms. The highest BCUT2D eigenvalue weighted by molar-refractivity contribution is 6.10. The predicted octanol–water partition coefficient (Wildman–Crippen LogP) is -5.61. The third-order valence-electron chi connectivity index (χ3n) is 8.16. The molecule has 1 aliphatic heterocycles. The highest BCUT2D eigenvalue weighted by Crippen LogP contribution is 2.59. The summed E-state index contributed by atoms with van der Waals surface area (Å²) in [6, 6.07) is 0. The van der Waals surface area contributed by atoms with Crippen molar-refractivity contribution in [2.45, 2.75) is 54.0 Å². The number of ether oxygens (including phenoxy) is 2. The normalized spacial score (nSPS) is 24.3. The molecule has 1 atom stereocenters. The molecular formula is C24H29NO20. The Bertz CT molecular complexity index is 1540. The van der Waals surface area contributed by atoms with Crippen molar-refractivity contribution in [3.8, 4) is 51.7 Å².